The lowest BCUT2D eigenvalue weighted by Crippen LogP contribution is -2.38. The molecule has 0 saturated carbocycles. The molecule has 4 heteroatoms. The van der Waals surface area contributed by atoms with Gasteiger partial charge >= 0.3 is 0 Å². The lowest BCUT2D eigenvalue weighted by atomic mass is 10.1. The molecule has 0 bridgehead atoms. The van der Waals surface area contributed by atoms with E-state index in [1.807, 2.05) is 4.90 Å². The molecule has 1 atom stereocenters. The van der Waals surface area contributed by atoms with Crippen molar-refractivity contribution in [1.82, 2.24) is 5.32 Å². The first kappa shape index (κ1) is 12.5. The van der Waals surface area contributed by atoms with Gasteiger partial charge in [-0.05, 0) is 49.6 Å². The molecule has 2 aliphatic heterocycles. The number of amides is 1. The Hall–Kier alpha value is -1.55. The third kappa shape index (κ3) is 2.59. The van der Waals surface area contributed by atoms with Crippen LogP contribution in [0.2, 0.25) is 0 Å². The van der Waals surface area contributed by atoms with Gasteiger partial charge in [0, 0.05) is 37.4 Å². The number of nitrogens with zero attached hydrogens (tertiary/aromatic N) is 1. The van der Waals surface area contributed by atoms with Crippen LogP contribution in [0.3, 0.4) is 0 Å². The van der Waals surface area contributed by atoms with E-state index in [0.717, 1.165) is 31.7 Å². The van der Waals surface area contributed by atoms with Crippen LogP contribution in [-0.4, -0.2) is 31.6 Å². The van der Waals surface area contributed by atoms with Crippen LogP contribution in [0.15, 0.2) is 18.2 Å². The number of rotatable bonds is 2. The molecule has 0 spiro atoms. The van der Waals surface area contributed by atoms with E-state index < -0.39 is 0 Å². The van der Waals surface area contributed by atoms with Crippen LogP contribution in [0.25, 0.3) is 0 Å². The van der Waals surface area contributed by atoms with Crippen molar-refractivity contribution in [3.63, 3.8) is 0 Å². The topological polar surface area (TPSA) is 44.4 Å². The second kappa shape index (κ2) is 5.21. The molecule has 0 aromatic heterocycles. The summed E-state index contributed by atoms with van der Waals surface area (Å²) in [5.41, 5.74) is 3.54. The quantitative estimate of drug-likeness (QED) is 0.850. The van der Waals surface area contributed by atoms with Crippen molar-refractivity contribution in [3.05, 3.63) is 23.8 Å². The third-order valence-electron chi connectivity index (χ3n) is 4.02. The van der Waals surface area contributed by atoms with E-state index in [4.69, 9.17) is 0 Å². The average molecular weight is 259 g/mol. The maximum atomic E-state index is 11.5. The van der Waals surface area contributed by atoms with Crippen molar-refractivity contribution in [2.24, 2.45) is 0 Å². The Labute approximate surface area is 114 Å². The van der Waals surface area contributed by atoms with Crippen LogP contribution >= 0.6 is 0 Å². The third-order valence-corrected chi connectivity index (χ3v) is 4.02. The summed E-state index contributed by atoms with van der Waals surface area (Å²) in [4.78, 5) is 13.4. The first-order valence-corrected chi connectivity index (χ1v) is 7.12. The van der Waals surface area contributed by atoms with E-state index in [1.165, 1.54) is 24.1 Å². The summed E-state index contributed by atoms with van der Waals surface area (Å²) in [5.74, 6) is 0.135. The Morgan fingerprint density at radius 3 is 3.11 bits per heavy atom. The molecule has 3 rings (SSSR count). The van der Waals surface area contributed by atoms with Crippen molar-refractivity contribution in [2.45, 2.75) is 32.2 Å². The van der Waals surface area contributed by atoms with Gasteiger partial charge in [0.25, 0.3) is 0 Å². The summed E-state index contributed by atoms with van der Waals surface area (Å²) >= 11 is 0. The fourth-order valence-corrected chi connectivity index (χ4v) is 3.03. The minimum Gasteiger partial charge on any atom is -0.381 e. The largest absolute Gasteiger partial charge is 0.381 e. The predicted octanol–water partition coefficient (Wildman–Crippen LogP) is 1.76. The van der Waals surface area contributed by atoms with Crippen LogP contribution in [0.4, 0.5) is 11.4 Å². The summed E-state index contributed by atoms with van der Waals surface area (Å²) in [7, 11) is 0. The number of benzene rings is 1. The van der Waals surface area contributed by atoms with Crippen molar-refractivity contribution in [3.8, 4) is 0 Å². The van der Waals surface area contributed by atoms with Gasteiger partial charge < -0.3 is 15.5 Å². The highest BCUT2D eigenvalue weighted by molar-refractivity contribution is 5.94. The molecule has 19 heavy (non-hydrogen) atoms. The number of carbonyl (C=O) groups excluding carboxylic acids is 1. The van der Waals surface area contributed by atoms with Crippen LogP contribution in [0.1, 0.15) is 25.3 Å². The van der Waals surface area contributed by atoms with Crippen LogP contribution < -0.4 is 15.5 Å². The lowest BCUT2D eigenvalue weighted by molar-refractivity contribution is -0.116. The number of fused-ring (bicyclic) bond motifs is 1. The zero-order valence-corrected chi connectivity index (χ0v) is 11.4. The summed E-state index contributed by atoms with van der Waals surface area (Å²) in [5, 5.41) is 7.00. The highest BCUT2D eigenvalue weighted by atomic mass is 16.2. The maximum Gasteiger partial charge on any atom is 0.223 e. The smallest absolute Gasteiger partial charge is 0.223 e. The van der Waals surface area contributed by atoms with Gasteiger partial charge in [-0.3, -0.25) is 4.79 Å². The van der Waals surface area contributed by atoms with Gasteiger partial charge in [-0.25, -0.2) is 0 Å². The van der Waals surface area contributed by atoms with E-state index in [0.29, 0.717) is 6.04 Å². The average Bonchev–Trinajstić information content (AvgIpc) is 2.83. The highest BCUT2D eigenvalue weighted by Gasteiger charge is 2.22. The highest BCUT2D eigenvalue weighted by Crippen LogP contribution is 2.30. The van der Waals surface area contributed by atoms with E-state index in [-0.39, 0.29) is 5.91 Å². The molecular weight excluding hydrogens is 238 g/mol. The Bertz CT molecular complexity index is 480. The van der Waals surface area contributed by atoms with Crippen molar-refractivity contribution < 1.29 is 4.79 Å². The van der Waals surface area contributed by atoms with E-state index in [9.17, 15) is 4.79 Å². The second-order valence-electron chi connectivity index (χ2n) is 5.45. The lowest BCUT2D eigenvalue weighted by Gasteiger charge is -2.25. The Kier molecular flexibility index (Phi) is 3.42. The van der Waals surface area contributed by atoms with Crippen LogP contribution in [0, 0.1) is 0 Å². The Morgan fingerprint density at radius 1 is 1.47 bits per heavy atom. The summed E-state index contributed by atoms with van der Waals surface area (Å²) in [6.45, 7) is 4.63. The van der Waals surface area contributed by atoms with Crippen LogP contribution in [-0.2, 0) is 11.2 Å². The number of nitrogens with one attached hydrogen (secondary N) is 2. The van der Waals surface area contributed by atoms with Crippen molar-refractivity contribution in [2.75, 3.05) is 29.9 Å². The Balaban J connectivity index is 1.73. The fourth-order valence-electron chi connectivity index (χ4n) is 3.03. The summed E-state index contributed by atoms with van der Waals surface area (Å²) < 4.78 is 0. The monoisotopic (exact) mass is 259 g/mol. The molecule has 1 aromatic carbocycles. The molecule has 0 aliphatic carbocycles. The molecule has 4 nitrogen and oxygen atoms in total. The molecule has 102 valence electrons. The molecule has 1 amide bonds. The fraction of sp³-hybridized carbons (Fsp3) is 0.533. The summed E-state index contributed by atoms with van der Waals surface area (Å²) in [6.07, 6.45) is 3.43. The normalized spacial score (nSPS) is 22.2. The molecule has 1 fully saturated rings. The van der Waals surface area contributed by atoms with Gasteiger partial charge in [0.15, 0.2) is 0 Å². The molecule has 1 saturated heterocycles. The first-order valence-electron chi connectivity index (χ1n) is 7.12. The molecule has 2 N–H and O–H groups in total. The first-order chi connectivity index (χ1) is 9.24. The minimum absolute atomic E-state index is 0.135. The van der Waals surface area contributed by atoms with Gasteiger partial charge in [-0.15, -0.1) is 0 Å². The summed E-state index contributed by atoms with van der Waals surface area (Å²) in [6, 6.07) is 6.89. The van der Waals surface area contributed by atoms with E-state index in [1.54, 1.807) is 6.92 Å². The number of carbonyl (C=O) groups is 1. The SMILES string of the molecule is CC(=O)N1CCc2cc(NC3CCCNC3)ccc21. The molecule has 0 radical (unpaired) electrons. The van der Waals surface area contributed by atoms with Crippen molar-refractivity contribution >= 4 is 17.3 Å². The molecule has 2 heterocycles. The number of hydrogen-bond donors (Lipinski definition) is 2. The minimum atomic E-state index is 0.135. The zero-order valence-electron chi connectivity index (χ0n) is 11.4. The van der Waals surface area contributed by atoms with E-state index in [2.05, 4.69) is 28.8 Å². The standard InChI is InChI=1S/C15H21N3O/c1-11(19)18-8-6-12-9-13(4-5-15(12)18)17-14-3-2-7-16-10-14/h4-5,9,14,16-17H,2-3,6-8,10H2,1H3. The van der Waals surface area contributed by atoms with Crippen molar-refractivity contribution in [1.29, 1.82) is 0 Å². The van der Waals surface area contributed by atoms with Gasteiger partial charge in [0.05, 0.1) is 0 Å². The predicted molar refractivity (Wildman–Crippen MR) is 77.7 cm³/mol. The zero-order chi connectivity index (χ0) is 13.2. The number of hydrogen-bond acceptors (Lipinski definition) is 3. The molecule has 2 aliphatic rings. The van der Waals surface area contributed by atoms with Gasteiger partial charge in [0.1, 0.15) is 0 Å². The van der Waals surface area contributed by atoms with Gasteiger partial charge in [-0.2, -0.15) is 0 Å². The maximum absolute atomic E-state index is 11.5. The number of piperidine rings is 1. The molecule has 1 unspecified atom stereocenters. The number of anilines is 2. The van der Waals surface area contributed by atoms with E-state index >= 15 is 0 Å². The second-order valence-corrected chi connectivity index (χ2v) is 5.45. The van der Waals surface area contributed by atoms with Gasteiger partial charge in [-0.1, -0.05) is 0 Å². The van der Waals surface area contributed by atoms with Gasteiger partial charge in [0.2, 0.25) is 5.91 Å². The molecule has 1 aromatic rings. The molecular formula is C15H21N3O. The van der Waals surface area contributed by atoms with Crippen LogP contribution in [0.5, 0.6) is 0 Å². The Morgan fingerprint density at radius 2 is 2.37 bits per heavy atom.